The predicted octanol–water partition coefficient (Wildman–Crippen LogP) is 3.80. The van der Waals surface area contributed by atoms with Gasteiger partial charge in [0, 0.05) is 28.5 Å². The van der Waals surface area contributed by atoms with E-state index >= 15 is 0 Å². The molecule has 2 rings (SSSR count). The van der Waals surface area contributed by atoms with Gasteiger partial charge in [-0.15, -0.1) is 11.3 Å². The molecule has 0 bridgehead atoms. The highest BCUT2D eigenvalue weighted by Gasteiger charge is 2.13. The molecular weight excluding hydrogens is 308 g/mol. The Hall–Kier alpha value is -0.420. The molecule has 0 aliphatic heterocycles. The van der Waals surface area contributed by atoms with E-state index in [0.29, 0.717) is 11.4 Å². The zero-order chi connectivity index (χ0) is 11.5. The summed E-state index contributed by atoms with van der Waals surface area (Å²) in [6.45, 7) is 0. The Bertz CT molecular complexity index is 473. The molecule has 1 atom stereocenters. The molecule has 0 saturated carbocycles. The molecule has 1 aromatic carbocycles. The highest BCUT2D eigenvalue weighted by atomic mass is 79.9. The predicted molar refractivity (Wildman–Crippen MR) is 71.9 cm³/mol. The highest BCUT2D eigenvalue weighted by Crippen LogP contribution is 2.30. The van der Waals surface area contributed by atoms with Gasteiger partial charge in [-0.1, -0.05) is 23.7 Å². The van der Waals surface area contributed by atoms with E-state index in [2.05, 4.69) is 20.9 Å². The molecular formula is C11H10BrClN2S. The molecule has 0 fully saturated rings. The average Bonchev–Trinajstić information content (AvgIpc) is 2.74. The molecule has 5 heteroatoms. The minimum absolute atomic E-state index is 0.115. The lowest BCUT2D eigenvalue weighted by Gasteiger charge is -2.13. The monoisotopic (exact) mass is 316 g/mol. The minimum atomic E-state index is -0.115. The van der Waals surface area contributed by atoms with Crippen molar-refractivity contribution >= 4 is 38.9 Å². The van der Waals surface area contributed by atoms with E-state index < -0.39 is 0 Å². The first kappa shape index (κ1) is 12.0. The van der Waals surface area contributed by atoms with Gasteiger partial charge in [0.25, 0.3) is 0 Å². The van der Waals surface area contributed by atoms with E-state index in [-0.39, 0.29) is 6.04 Å². The van der Waals surface area contributed by atoms with Crippen LogP contribution in [-0.4, -0.2) is 4.98 Å². The Morgan fingerprint density at radius 2 is 2.31 bits per heavy atom. The SMILES string of the molecule is NC(Cc1nccs1)c1cccc(Br)c1Cl. The second-order valence-corrected chi connectivity index (χ2v) is 5.59. The van der Waals surface area contributed by atoms with Gasteiger partial charge in [-0.05, 0) is 27.6 Å². The van der Waals surface area contributed by atoms with Crippen molar-refractivity contribution in [3.8, 4) is 0 Å². The van der Waals surface area contributed by atoms with Gasteiger partial charge in [0.05, 0.1) is 10.0 Å². The number of aromatic nitrogens is 1. The molecule has 84 valence electrons. The summed E-state index contributed by atoms with van der Waals surface area (Å²) in [5.41, 5.74) is 7.07. The van der Waals surface area contributed by atoms with Crippen molar-refractivity contribution in [3.63, 3.8) is 0 Å². The van der Waals surface area contributed by atoms with Gasteiger partial charge in [0.15, 0.2) is 0 Å². The van der Waals surface area contributed by atoms with Crippen LogP contribution in [0.5, 0.6) is 0 Å². The van der Waals surface area contributed by atoms with Crippen molar-refractivity contribution < 1.29 is 0 Å². The van der Waals surface area contributed by atoms with E-state index in [1.54, 1.807) is 17.5 Å². The smallest absolute Gasteiger partial charge is 0.0943 e. The molecule has 2 aromatic rings. The van der Waals surface area contributed by atoms with Crippen molar-refractivity contribution in [2.45, 2.75) is 12.5 Å². The van der Waals surface area contributed by atoms with Crippen molar-refractivity contribution in [1.29, 1.82) is 0 Å². The zero-order valence-electron chi connectivity index (χ0n) is 8.36. The Labute approximate surface area is 112 Å². The van der Waals surface area contributed by atoms with Crippen LogP contribution in [0.1, 0.15) is 16.6 Å². The average molecular weight is 318 g/mol. The quantitative estimate of drug-likeness (QED) is 0.935. The van der Waals surface area contributed by atoms with E-state index in [1.807, 2.05) is 23.6 Å². The number of rotatable bonds is 3. The Morgan fingerprint density at radius 1 is 1.50 bits per heavy atom. The fraction of sp³-hybridized carbons (Fsp3) is 0.182. The van der Waals surface area contributed by atoms with Gasteiger partial charge in [-0.2, -0.15) is 0 Å². The first-order chi connectivity index (χ1) is 7.68. The van der Waals surface area contributed by atoms with Crippen LogP contribution in [0.3, 0.4) is 0 Å². The second-order valence-electron chi connectivity index (χ2n) is 3.38. The first-order valence-electron chi connectivity index (χ1n) is 4.76. The molecule has 1 heterocycles. The number of hydrogen-bond acceptors (Lipinski definition) is 3. The van der Waals surface area contributed by atoms with Crippen LogP contribution in [0, 0.1) is 0 Å². The van der Waals surface area contributed by atoms with Crippen LogP contribution in [0.2, 0.25) is 5.02 Å². The minimum Gasteiger partial charge on any atom is -0.324 e. The molecule has 0 radical (unpaired) electrons. The number of hydrogen-bond donors (Lipinski definition) is 1. The number of halogens is 2. The third-order valence-corrected chi connectivity index (χ3v) is 4.37. The van der Waals surface area contributed by atoms with Crippen LogP contribution in [-0.2, 0) is 6.42 Å². The van der Waals surface area contributed by atoms with E-state index in [4.69, 9.17) is 17.3 Å². The summed E-state index contributed by atoms with van der Waals surface area (Å²) in [6, 6.07) is 5.68. The van der Waals surface area contributed by atoms with Crippen LogP contribution in [0.4, 0.5) is 0 Å². The second kappa shape index (κ2) is 5.27. The van der Waals surface area contributed by atoms with E-state index in [9.17, 15) is 0 Å². The third kappa shape index (κ3) is 2.63. The summed E-state index contributed by atoms with van der Waals surface area (Å²) in [5, 5.41) is 3.67. The van der Waals surface area contributed by atoms with Gasteiger partial charge in [-0.25, -0.2) is 4.98 Å². The van der Waals surface area contributed by atoms with Gasteiger partial charge >= 0.3 is 0 Å². The van der Waals surface area contributed by atoms with Crippen LogP contribution >= 0.6 is 38.9 Å². The largest absolute Gasteiger partial charge is 0.324 e. The summed E-state index contributed by atoms with van der Waals surface area (Å²) in [5.74, 6) is 0. The summed E-state index contributed by atoms with van der Waals surface area (Å²) < 4.78 is 0.876. The third-order valence-electron chi connectivity index (χ3n) is 2.26. The topological polar surface area (TPSA) is 38.9 Å². The fourth-order valence-corrected chi connectivity index (χ4v) is 2.78. The molecule has 1 unspecified atom stereocenters. The Morgan fingerprint density at radius 3 is 3.00 bits per heavy atom. The maximum atomic E-state index is 6.18. The molecule has 2 N–H and O–H groups in total. The van der Waals surface area contributed by atoms with Crippen LogP contribution in [0.15, 0.2) is 34.2 Å². The first-order valence-corrected chi connectivity index (χ1v) is 6.81. The lowest BCUT2D eigenvalue weighted by Crippen LogP contribution is -2.13. The van der Waals surface area contributed by atoms with Crippen molar-refractivity contribution in [3.05, 3.63) is 49.8 Å². The maximum absolute atomic E-state index is 6.18. The number of nitrogens with two attached hydrogens (primary N) is 1. The van der Waals surface area contributed by atoms with Crippen molar-refractivity contribution in [2.75, 3.05) is 0 Å². The van der Waals surface area contributed by atoms with Gasteiger partial charge in [-0.3, -0.25) is 0 Å². The molecule has 0 amide bonds. The lowest BCUT2D eigenvalue weighted by atomic mass is 10.1. The van der Waals surface area contributed by atoms with Gasteiger partial charge in [0.1, 0.15) is 0 Å². The normalized spacial score (nSPS) is 12.7. The van der Waals surface area contributed by atoms with Crippen molar-refractivity contribution in [1.82, 2.24) is 4.98 Å². The lowest BCUT2D eigenvalue weighted by molar-refractivity contribution is 0.718. The number of thiazole rings is 1. The standard InChI is InChI=1S/C11H10BrClN2S/c12-8-3-1-2-7(11(8)13)9(14)6-10-15-4-5-16-10/h1-5,9H,6,14H2. The van der Waals surface area contributed by atoms with Gasteiger partial charge < -0.3 is 5.73 Å². The summed E-state index contributed by atoms with van der Waals surface area (Å²) in [6.07, 6.45) is 2.50. The highest BCUT2D eigenvalue weighted by molar-refractivity contribution is 9.10. The van der Waals surface area contributed by atoms with Crippen LogP contribution in [0.25, 0.3) is 0 Å². The molecule has 0 aliphatic rings. The zero-order valence-corrected chi connectivity index (χ0v) is 11.5. The van der Waals surface area contributed by atoms with Gasteiger partial charge in [0.2, 0.25) is 0 Å². The molecule has 1 aromatic heterocycles. The summed E-state index contributed by atoms with van der Waals surface area (Å²) in [7, 11) is 0. The molecule has 2 nitrogen and oxygen atoms in total. The fourth-order valence-electron chi connectivity index (χ4n) is 1.46. The number of nitrogens with zero attached hydrogens (tertiary/aromatic N) is 1. The molecule has 0 aliphatic carbocycles. The maximum Gasteiger partial charge on any atom is 0.0943 e. The van der Waals surface area contributed by atoms with Crippen molar-refractivity contribution in [2.24, 2.45) is 5.73 Å². The number of benzene rings is 1. The molecule has 16 heavy (non-hydrogen) atoms. The van der Waals surface area contributed by atoms with E-state index in [1.165, 1.54) is 0 Å². The van der Waals surface area contributed by atoms with Crippen LogP contribution < -0.4 is 5.73 Å². The summed E-state index contributed by atoms with van der Waals surface area (Å²) in [4.78, 5) is 4.22. The molecule has 0 spiro atoms. The van der Waals surface area contributed by atoms with E-state index in [0.717, 1.165) is 15.0 Å². The molecule has 0 saturated heterocycles. The Kier molecular flexibility index (Phi) is 3.97. The summed E-state index contributed by atoms with van der Waals surface area (Å²) >= 11 is 11.2. The Balaban J connectivity index is 2.21.